The summed E-state index contributed by atoms with van der Waals surface area (Å²) in [4.78, 5) is 19.1. The van der Waals surface area contributed by atoms with Gasteiger partial charge >= 0.3 is 0 Å². The first-order valence-electron chi connectivity index (χ1n) is 7.56. The monoisotopic (exact) mass is 348 g/mol. The molecule has 2 heterocycles. The van der Waals surface area contributed by atoms with Crippen LogP contribution in [0.2, 0.25) is 10.0 Å². The summed E-state index contributed by atoms with van der Waals surface area (Å²) >= 11 is 12.1. The molecular weight excluding hydrogens is 331 g/mol. The topological polar surface area (TPSA) is 33.2 Å². The van der Waals surface area contributed by atoms with Crippen molar-refractivity contribution in [3.8, 4) is 0 Å². The van der Waals surface area contributed by atoms with Crippen LogP contribution in [-0.2, 0) is 23.2 Å². The van der Waals surface area contributed by atoms with Crippen LogP contribution in [0.1, 0.15) is 30.5 Å². The molecule has 0 atom stereocenters. The second-order valence-electron chi connectivity index (χ2n) is 6.37. The fraction of sp³-hybridized carbons (Fsp3) is 0.333. The molecule has 1 amide bonds. The number of halogens is 2. The average Bonchev–Trinajstić information content (AvgIpc) is 2.56. The summed E-state index contributed by atoms with van der Waals surface area (Å²) < 4.78 is 0. The van der Waals surface area contributed by atoms with Crippen LogP contribution in [0, 0.1) is 0 Å². The van der Waals surface area contributed by atoms with Gasteiger partial charge in [-0.3, -0.25) is 9.78 Å². The maximum absolute atomic E-state index is 13.1. The maximum atomic E-state index is 13.1. The van der Waals surface area contributed by atoms with Crippen LogP contribution in [0.5, 0.6) is 0 Å². The van der Waals surface area contributed by atoms with Gasteiger partial charge < -0.3 is 4.90 Å². The SMILES string of the molecule is CC(C)(C(=O)N1CCc2cnccc2C1)c1ccc(Cl)c(Cl)c1. The van der Waals surface area contributed by atoms with Crippen molar-refractivity contribution in [2.24, 2.45) is 0 Å². The molecule has 0 unspecified atom stereocenters. The summed E-state index contributed by atoms with van der Waals surface area (Å²) in [6.07, 6.45) is 4.50. The van der Waals surface area contributed by atoms with Crippen molar-refractivity contribution in [2.45, 2.75) is 32.2 Å². The Balaban J connectivity index is 1.86. The molecule has 1 aliphatic rings. The average molecular weight is 349 g/mol. The van der Waals surface area contributed by atoms with Crippen LogP contribution >= 0.6 is 23.2 Å². The van der Waals surface area contributed by atoms with E-state index in [1.54, 1.807) is 18.3 Å². The molecule has 0 spiro atoms. The lowest BCUT2D eigenvalue weighted by atomic mass is 9.82. The molecule has 5 heteroatoms. The zero-order chi connectivity index (χ0) is 16.6. The highest BCUT2D eigenvalue weighted by atomic mass is 35.5. The van der Waals surface area contributed by atoms with E-state index in [9.17, 15) is 4.79 Å². The number of fused-ring (bicyclic) bond motifs is 1. The van der Waals surface area contributed by atoms with Crippen LogP contribution in [0.3, 0.4) is 0 Å². The van der Waals surface area contributed by atoms with Gasteiger partial charge in [0.25, 0.3) is 0 Å². The third kappa shape index (κ3) is 3.08. The summed E-state index contributed by atoms with van der Waals surface area (Å²) in [5.41, 5.74) is 2.62. The minimum Gasteiger partial charge on any atom is -0.337 e. The normalized spacial score (nSPS) is 14.5. The highest BCUT2D eigenvalue weighted by Gasteiger charge is 2.35. The maximum Gasteiger partial charge on any atom is 0.232 e. The van der Waals surface area contributed by atoms with E-state index in [-0.39, 0.29) is 5.91 Å². The molecule has 23 heavy (non-hydrogen) atoms. The lowest BCUT2D eigenvalue weighted by Gasteiger charge is -2.35. The van der Waals surface area contributed by atoms with Gasteiger partial charge in [0.05, 0.1) is 15.5 Å². The molecule has 0 N–H and O–H groups in total. The molecule has 0 fully saturated rings. The Hall–Kier alpha value is -1.58. The molecule has 1 aliphatic heterocycles. The Labute approximate surface area is 146 Å². The van der Waals surface area contributed by atoms with Crippen molar-refractivity contribution in [3.63, 3.8) is 0 Å². The fourth-order valence-corrected chi connectivity index (χ4v) is 3.25. The molecule has 0 saturated heterocycles. The molecule has 0 bridgehead atoms. The Morgan fingerprint density at radius 3 is 2.70 bits per heavy atom. The molecular formula is C18H18Cl2N2O. The first-order valence-corrected chi connectivity index (χ1v) is 8.32. The van der Waals surface area contributed by atoms with Crippen molar-refractivity contribution in [2.75, 3.05) is 6.54 Å². The molecule has 0 radical (unpaired) electrons. The Morgan fingerprint density at radius 2 is 1.96 bits per heavy atom. The third-order valence-corrected chi connectivity index (χ3v) is 5.22. The van der Waals surface area contributed by atoms with Crippen molar-refractivity contribution < 1.29 is 4.79 Å². The molecule has 0 aliphatic carbocycles. The van der Waals surface area contributed by atoms with Crippen LogP contribution in [-0.4, -0.2) is 22.3 Å². The van der Waals surface area contributed by atoms with Crippen LogP contribution in [0.25, 0.3) is 0 Å². The zero-order valence-electron chi connectivity index (χ0n) is 13.1. The minimum atomic E-state index is -0.654. The van der Waals surface area contributed by atoms with Gasteiger partial charge in [-0.1, -0.05) is 29.3 Å². The number of nitrogens with zero attached hydrogens (tertiary/aromatic N) is 2. The summed E-state index contributed by atoms with van der Waals surface area (Å²) in [5, 5.41) is 0.971. The fourth-order valence-electron chi connectivity index (χ4n) is 2.95. The number of rotatable bonds is 2. The summed E-state index contributed by atoms with van der Waals surface area (Å²) in [6.45, 7) is 5.19. The highest BCUT2D eigenvalue weighted by Crippen LogP contribution is 2.32. The van der Waals surface area contributed by atoms with Gasteiger partial charge in [-0.25, -0.2) is 0 Å². The lowest BCUT2D eigenvalue weighted by molar-refractivity contribution is -0.137. The van der Waals surface area contributed by atoms with Gasteiger partial charge in [0, 0.05) is 25.5 Å². The van der Waals surface area contributed by atoms with Crippen molar-refractivity contribution in [3.05, 3.63) is 63.4 Å². The second kappa shape index (κ2) is 6.14. The number of amides is 1. The molecule has 1 aromatic heterocycles. The van der Waals surface area contributed by atoms with Crippen molar-refractivity contribution in [1.82, 2.24) is 9.88 Å². The van der Waals surface area contributed by atoms with Crippen LogP contribution in [0.4, 0.5) is 0 Å². The number of pyridine rings is 1. The van der Waals surface area contributed by atoms with Gasteiger partial charge in [0.1, 0.15) is 0 Å². The van der Waals surface area contributed by atoms with Crippen LogP contribution in [0.15, 0.2) is 36.7 Å². The minimum absolute atomic E-state index is 0.0957. The second-order valence-corrected chi connectivity index (χ2v) is 7.19. The Bertz CT molecular complexity index is 758. The molecule has 1 aromatic carbocycles. The molecule has 2 aromatic rings. The first kappa shape index (κ1) is 16.3. The van der Waals surface area contributed by atoms with E-state index in [4.69, 9.17) is 23.2 Å². The number of benzene rings is 1. The van der Waals surface area contributed by atoms with E-state index in [1.165, 1.54) is 11.1 Å². The van der Waals surface area contributed by atoms with Crippen molar-refractivity contribution in [1.29, 1.82) is 0 Å². The summed E-state index contributed by atoms with van der Waals surface area (Å²) in [6, 6.07) is 7.38. The molecule has 0 saturated carbocycles. The predicted octanol–water partition coefficient (Wildman–Crippen LogP) is 4.25. The number of carbonyl (C=O) groups excluding carboxylic acids is 1. The Kier molecular flexibility index (Phi) is 4.35. The van der Waals surface area contributed by atoms with Gasteiger partial charge in [-0.15, -0.1) is 0 Å². The Morgan fingerprint density at radius 1 is 1.17 bits per heavy atom. The number of carbonyl (C=O) groups is 1. The van der Waals surface area contributed by atoms with E-state index < -0.39 is 5.41 Å². The quantitative estimate of drug-likeness (QED) is 0.812. The molecule has 3 nitrogen and oxygen atoms in total. The van der Waals surface area contributed by atoms with E-state index in [1.807, 2.05) is 37.1 Å². The number of hydrogen-bond donors (Lipinski definition) is 0. The van der Waals surface area contributed by atoms with Gasteiger partial charge in [-0.05, 0) is 55.2 Å². The largest absolute Gasteiger partial charge is 0.337 e. The highest BCUT2D eigenvalue weighted by molar-refractivity contribution is 6.42. The van der Waals surface area contributed by atoms with Gasteiger partial charge in [0.15, 0.2) is 0 Å². The number of aromatic nitrogens is 1. The van der Waals surface area contributed by atoms with E-state index >= 15 is 0 Å². The van der Waals surface area contributed by atoms with Crippen LogP contribution < -0.4 is 0 Å². The zero-order valence-corrected chi connectivity index (χ0v) is 14.7. The predicted molar refractivity (Wildman–Crippen MR) is 92.8 cm³/mol. The van der Waals surface area contributed by atoms with E-state index in [2.05, 4.69) is 4.98 Å². The van der Waals surface area contributed by atoms with Gasteiger partial charge in [0.2, 0.25) is 5.91 Å². The van der Waals surface area contributed by atoms with E-state index in [0.29, 0.717) is 23.1 Å². The first-order chi connectivity index (χ1) is 10.9. The smallest absolute Gasteiger partial charge is 0.232 e. The standard InChI is InChI=1S/C18H18Cl2N2O/c1-18(2,14-3-4-15(19)16(20)9-14)17(23)22-8-6-12-10-21-7-5-13(12)11-22/h3-5,7,9-10H,6,8,11H2,1-2H3. The van der Waals surface area contributed by atoms with Gasteiger partial charge in [-0.2, -0.15) is 0 Å². The van der Waals surface area contributed by atoms with E-state index in [0.717, 1.165) is 12.0 Å². The summed E-state index contributed by atoms with van der Waals surface area (Å²) in [5.74, 6) is 0.0957. The third-order valence-electron chi connectivity index (χ3n) is 4.48. The number of hydrogen-bond acceptors (Lipinski definition) is 2. The van der Waals surface area contributed by atoms with Crippen molar-refractivity contribution >= 4 is 29.1 Å². The molecule has 3 rings (SSSR count). The summed E-state index contributed by atoms with van der Waals surface area (Å²) in [7, 11) is 0. The lowest BCUT2D eigenvalue weighted by Crippen LogP contribution is -2.45. The molecule has 120 valence electrons.